The van der Waals surface area contributed by atoms with Gasteiger partial charge >= 0.3 is 0 Å². The van der Waals surface area contributed by atoms with Crippen LogP contribution in [0.15, 0.2) is 18.3 Å². The van der Waals surface area contributed by atoms with E-state index in [-0.39, 0.29) is 5.91 Å². The van der Waals surface area contributed by atoms with Gasteiger partial charge in [-0.15, -0.1) is 0 Å². The maximum Gasteiger partial charge on any atom is 0.243 e. The van der Waals surface area contributed by atoms with Gasteiger partial charge in [0.05, 0.1) is 0 Å². The van der Waals surface area contributed by atoms with E-state index in [2.05, 4.69) is 29.9 Å². The quantitative estimate of drug-likeness (QED) is 0.767. The third kappa shape index (κ3) is 3.37. The largest absolute Gasteiger partial charge is 0.273 e. The molecule has 0 fully saturated rings. The van der Waals surface area contributed by atoms with Gasteiger partial charge in [0.2, 0.25) is 5.91 Å². The Morgan fingerprint density at radius 1 is 1.20 bits per heavy atom. The molecule has 4 nitrogen and oxygen atoms in total. The Hall–Kier alpha value is -1.42. The normalized spacial score (nSPS) is 14.8. The molecular weight excluding hydrogens is 250 g/mol. The van der Waals surface area contributed by atoms with E-state index in [1.54, 1.807) is 6.20 Å². The molecule has 2 heterocycles. The number of fused-ring (bicyclic) bond motifs is 1. The van der Waals surface area contributed by atoms with Crippen molar-refractivity contribution in [2.24, 2.45) is 0 Å². The molecule has 4 heteroatoms. The number of nitrogens with zero attached hydrogens (tertiary/aromatic N) is 3. The Balaban J connectivity index is 2.23. The number of aryl methyl sites for hydroxylation is 1. The van der Waals surface area contributed by atoms with Gasteiger partial charge in [0.15, 0.2) is 5.82 Å². The molecule has 0 atom stereocenters. The fraction of sp³-hybridized carbons (Fsp3) is 0.625. The smallest absolute Gasteiger partial charge is 0.243 e. The second-order valence-electron chi connectivity index (χ2n) is 5.35. The van der Waals surface area contributed by atoms with Crippen molar-refractivity contribution in [3.63, 3.8) is 0 Å². The van der Waals surface area contributed by atoms with Crippen molar-refractivity contribution >= 4 is 11.7 Å². The molecule has 0 unspecified atom stereocenters. The predicted octanol–water partition coefficient (Wildman–Crippen LogP) is 3.18. The van der Waals surface area contributed by atoms with Crippen molar-refractivity contribution in [1.29, 1.82) is 0 Å². The van der Waals surface area contributed by atoms with Gasteiger partial charge in [0, 0.05) is 25.7 Å². The van der Waals surface area contributed by atoms with Crippen LogP contribution >= 0.6 is 0 Å². The minimum atomic E-state index is 0.184. The van der Waals surface area contributed by atoms with Crippen molar-refractivity contribution in [1.82, 2.24) is 9.99 Å². The van der Waals surface area contributed by atoms with Gasteiger partial charge in [-0.25, -0.2) is 15.0 Å². The summed E-state index contributed by atoms with van der Waals surface area (Å²) >= 11 is 0. The van der Waals surface area contributed by atoms with Gasteiger partial charge in [0.25, 0.3) is 0 Å². The molecule has 2 rings (SSSR count). The minimum absolute atomic E-state index is 0.184. The summed E-state index contributed by atoms with van der Waals surface area (Å²) in [5, 5.41) is 4.03. The van der Waals surface area contributed by atoms with Gasteiger partial charge in [-0.2, -0.15) is 0 Å². The number of unbranched alkanes of at least 4 members (excludes halogenated alkanes) is 2. The highest BCUT2D eigenvalue weighted by atomic mass is 16.2. The van der Waals surface area contributed by atoms with Crippen molar-refractivity contribution < 1.29 is 4.79 Å². The topological polar surface area (TPSA) is 36.4 Å². The summed E-state index contributed by atoms with van der Waals surface area (Å²) in [5.41, 5.74) is 1.19. The number of pyridine rings is 1. The molecule has 110 valence electrons. The molecule has 0 bridgehead atoms. The maximum atomic E-state index is 12.4. The molecule has 0 saturated carbocycles. The van der Waals surface area contributed by atoms with Crippen LogP contribution in [0.4, 0.5) is 5.82 Å². The Labute approximate surface area is 121 Å². The first-order chi connectivity index (χ1) is 9.77. The number of carbonyl (C=O) groups is 1. The van der Waals surface area contributed by atoms with Crippen LogP contribution in [0, 0.1) is 0 Å². The number of hydrogen-bond donors (Lipinski definition) is 0. The Bertz CT molecular complexity index is 439. The van der Waals surface area contributed by atoms with Gasteiger partial charge in [-0.05, 0) is 30.9 Å². The van der Waals surface area contributed by atoms with Crippen LogP contribution in [0.2, 0.25) is 0 Å². The molecule has 1 aliphatic heterocycles. The number of carbonyl (C=O) groups excluding carboxylic acids is 1. The number of hydrogen-bond acceptors (Lipinski definition) is 3. The second-order valence-corrected chi connectivity index (χ2v) is 5.35. The van der Waals surface area contributed by atoms with E-state index in [0.717, 1.165) is 51.0 Å². The first-order valence-electron chi connectivity index (χ1n) is 7.79. The Morgan fingerprint density at radius 2 is 1.90 bits per heavy atom. The first-order valence-corrected chi connectivity index (χ1v) is 7.79. The standard InChI is InChI=1S/C16H25N3O/c1-3-5-12-18(13-6-4-2)19-15(20)10-9-14-8-7-11-17-16(14)19/h7-8,11H,3-6,9-10,12-13H2,1-2H3. The van der Waals surface area contributed by atoms with Crippen LogP contribution in [0.1, 0.15) is 51.5 Å². The Kier molecular flexibility index (Phi) is 5.53. The Morgan fingerprint density at radius 3 is 2.55 bits per heavy atom. The molecular formula is C16H25N3O. The first kappa shape index (κ1) is 15.0. The molecule has 0 aromatic carbocycles. The summed E-state index contributed by atoms with van der Waals surface area (Å²) in [5.74, 6) is 1.03. The van der Waals surface area contributed by atoms with E-state index in [1.807, 2.05) is 11.1 Å². The van der Waals surface area contributed by atoms with E-state index in [9.17, 15) is 4.79 Å². The molecule has 1 aromatic rings. The molecule has 0 saturated heterocycles. The lowest BCUT2D eigenvalue weighted by atomic mass is 10.1. The molecule has 1 amide bonds. The molecule has 0 spiro atoms. The van der Waals surface area contributed by atoms with Crippen LogP contribution < -0.4 is 5.01 Å². The number of aromatic nitrogens is 1. The zero-order valence-electron chi connectivity index (χ0n) is 12.6. The van der Waals surface area contributed by atoms with Crippen LogP contribution in [0.25, 0.3) is 0 Å². The van der Waals surface area contributed by atoms with E-state index in [1.165, 1.54) is 5.56 Å². The SMILES string of the molecule is CCCCN(CCCC)N1C(=O)CCc2cccnc21. The number of rotatable bonds is 7. The summed E-state index contributed by atoms with van der Waals surface area (Å²) < 4.78 is 0. The lowest BCUT2D eigenvalue weighted by Crippen LogP contribution is -2.50. The van der Waals surface area contributed by atoms with E-state index < -0.39 is 0 Å². The second kappa shape index (κ2) is 7.39. The van der Waals surface area contributed by atoms with Gasteiger partial charge in [0.1, 0.15) is 0 Å². The van der Waals surface area contributed by atoms with E-state index in [0.29, 0.717) is 6.42 Å². The lowest BCUT2D eigenvalue weighted by Gasteiger charge is -2.37. The number of hydrazine groups is 1. The maximum absolute atomic E-state index is 12.4. The highest BCUT2D eigenvalue weighted by Crippen LogP contribution is 2.27. The fourth-order valence-electron chi connectivity index (χ4n) is 2.57. The van der Waals surface area contributed by atoms with Gasteiger partial charge in [-0.3, -0.25) is 4.79 Å². The third-order valence-electron chi connectivity index (χ3n) is 3.73. The molecule has 0 radical (unpaired) electrons. The molecule has 0 aliphatic carbocycles. The summed E-state index contributed by atoms with van der Waals surface area (Å²) in [4.78, 5) is 16.8. The summed E-state index contributed by atoms with van der Waals surface area (Å²) in [7, 11) is 0. The predicted molar refractivity (Wildman–Crippen MR) is 81.4 cm³/mol. The molecule has 1 aliphatic rings. The van der Waals surface area contributed by atoms with Crippen LogP contribution in [0.5, 0.6) is 0 Å². The van der Waals surface area contributed by atoms with E-state index in [4.69, 9.17) is 0 Å². The number of amides is 1. The molecule has 0 N–H and O–H groups in total. The fourth-order valence-corrected chi connectivity index (χ4v) is 2.57. The van der Waals surface area contributed by atoms with Crippen molar-refractivity contribution in [3.8, 4) is 0 Å². The zero-order chi connectivity index (χ0) is 14.4. The third-order valence-corrected chi connectivity index (χ3v) is 3.73. The van der Waals surface area contributed by atoms with Gasteiger partial charge in [-0.1, -0.05) is 32.8 Å². The average Bonchev–Trinajstić information content (AvgIpc) is 2.48. The van der Waals surface area contributed by atoms with Crippen LogP contribution in [-0.2, 0) is 11.2 Å². The number of anilines is 1. The summed E-state index contributed by atoms with van der Waals surface area (Å²) in [6.07, 6.45) is 7.67. The molecule has 1 aromatic heterocycles. The lowest BCUT2D eigenvalue weighted by molar-refractivity contribution is -0.122. The highest BCUT2D eigenvalue weighted by molar-refractivity contribution is 5.94. The minimum Gasteiger partial charge on any atom is -0.273 e. The average molecular weight is 275 g/mol. The van der Waals surface area contributed by atoms with Crippen LogP contribution in [0.3, 0.4) is 0 Å². The summed E-state index contributed by atoms with van der Waals surface area (Å²) in [6.45, 7) is 6.22. The summed E-state index contributed by atoms with van der Waals surface area (Å²) in [6, 6.07) is 4.04. The van der Waals surface area contributed by atoms with E-state index >= 15 is 0 Å². The monoisotopic (exact) mass is 275 g/mol. The van der Waals surface area contributed by atoms with Crippen molar-refractivity contribution in [2.45, 2.75) is 52.4 Å². The van der Waals surface area contributed by atoms with Crippen molar-refractivity contribution in [3.05, 3.63) is 23.9 Å². The van der Waals surface area contributed by atoms with Crippen molar-refractivity contribution in [2.75, 3.05) is 18.1 Å². The van der Waals surface area contributed by atoms with Gasteiger partial charge < -0.3 is 0 Å². The highest BCUT2D eigenvalue weighted by Gasteiger charge is 2.29. The molecule has 20 heavy (non-hydrogen) atoms. The van der Waals surface area contributed by atoms with Crippen LogP contribution in [-0.4, -0.2) is 29.0 Å². The zero-order valence-corrected chi connectivity index (χ0v) is 12.6.